The summed E-state index contributed by atoms with van der Waals surface area (Å²) in [4.78, 5) is 34.2. The van der Waals surface area contributed by atoms with Crippen LogP contribution in [-0.2, 0) is 14.3 Å². The second-order valence-electron chi connectivity index (χ2n) is 4.74. The fraction of sp³-hybridized carbons (Fsp3) is 0.400. The van der Waals surface area contributed by atoms with Crippen molar-refractivity contribution in [2.75, 3.05) is 13.2 Å². The molecule has 1 aromatic rings. The van der Waals surface area contributed by atoms with Gasteiger partial charge < -0.3 is 9.47 Å². The Balaban J connectivity index is 2.61. The van der Waals surface area contributed by atoms with E-state index in [9.17, 15) is 14.4 Å². The molecule has 108 valence electrons. The molecule has 0 fully saturated rings. The van der Waals surface area contributed by atoms with E-state index in [2.05, 4.69) is 0 Å². The Kier molecular flexibility index (Phi) is 5.43. The van der Waals surface area contributed by atoms with E-state index in [1.807, 2.05) is 0 Å². The van der Waals surface area contributed by atoms with Gasteiger partial charge in [0.05, 0.1) is 6.61 Å². The van der Waals surface area contributed by atoms with E-state index in [1.54, 1.807) is 31.2 Å². The van der Waals surface area contributed by atoms with Crippen molar-refractivity contribution in [2.45, 2.75) is 20.8 Å². The maximum Gasteiger partial charge on any atom is 0.319 e. The second-order valence-corrected chi connectivity index (χ2v) is 4.74. The van der Waals surface area contributed by atoms with Gasteiger partial charge in [-0.3, -0.25) is 14.4 Å². The molecule has 0 spiro atoms. The van der Waals surface area contributed by atoms with E-state index in [-0.39, 0.29) is 19.0 Å². The average molecular weight is 278 g/mol. The van der Waals surface area contributed by atoms with Gasteiger partial charge in [-0.25, -0.2) is 0 Å². The van der Waals surface area contributed by atoms with Crippen molar-refractivity contribution in [3.05, 3.63) is 29.8 Å². The fourth-order valence-corrected chi connectivity index (χ4v) is 1.40. The van der Waals surface area contributed by atoms with Crippen molar-refractivity contribution in [3.8, 4) is 5.75 Å². The molecule has 1 rings (SSSR count). The van der Waals surface area contributed by atoms with Gasteiger partial charge in [-0.2, -0.15) is 0 Å². The van der Waals surface area contributed by atoms with Gasteiger partial charge in [0, 0.05) is 5.56 Å². The summed E-state index contributed by atoms with van der Waals surface area (Å²) >= 11 is 0. The van der Waals surface area contributed by atoms with Crippen LogP contribution >= 0.6 is 0 Å². The normalized spacial score (nSPS) is 10.8. The predicted octanol–water partition coefficient (Wildman–Crippen LogP) is 2.04. The number of aldehydes is 1. The van der Waals surface area contributed by atoms with E-state index >= 15 is 0 Å². The highest BCUT2D eigenvalue weighted by atomic mass is 16.5. The van der Waals surface area contributed by atoms with Crippen molar-refractivity contribution in [3.63, 3.8) is 0 Å². The van der Waals surface area contributed by atoms with Crippen LogP contribution in [0.1, 0.15) is 31.1 Å². The molecule has 0 saturated carbocycles. The number of ketones is 1. The predicted molar refractivity (Wildman–Crippen MR) is 72.7 cm³/mol. The number of carbonyl (C=O) groups excluding carboxylic acids is 3. The molecule has 0 atom stereocenters. The number of rotatable bonds is 7. The molecule has 1 aromatic carbocycles. The zero-order valence-electron chi connectivity index (χ0n) is 11.8. The first-order valence-corrected chi connectivity index (χ1v) is 6.30. The minimum Gasteiger partial charge on any atom is -0.486 e. The molecular weight excluding hydrogens is 260 g/mol. The third-order valence-corrected chi connectivity index (χ3v) is 2.87. The average Bonchev–Trinajstić information content (AvgIpc) is 2.45. The first-order chi connectivity index (χ1) is 9.41. The Morgan fingerprint density at radius 3 is 2.30 bits per heavy atom. The van der Waals surface area contributed by atoms with Gasteiger partial charge >= 0.3 is 5.97 Å². The van der Waals surface area contributed by atoms with Crippen LogP contribution in [0.15, 0.2) is 24.3 Å². The van der Waals surface area contributed by atoms with Crippen molar-refractivity contribution in [1.29, 1.82) is 0 Å². The molecule has 0 aliphatic carbocycles. The summed E-state index contributed by atoms with van der Waals surface area (Å²) in [7, 11) is 0. The van der Waals surface area contributed by atoms with Gasteiger partial charge in [0.1, 0.15) is 24.1 Å². The number of Topliss-reactive ketones (excluding diaryl/α,β-unsaturated/α-hetero) is 1. The summed E-state index contributed by atoms with van der Waals surface area (Å²) in [6.45, 7) is 4.69. The highest BCUT2D eigenvalue weighted by molar-refractivity contribution is 6.03. The molecule has 0 heterocycles. The van der Waals surface area contributed by atoms with Crippen LogP contribution in [0.3, 0.4) is 0 Å². The summed E-state index contributed by atoms with van der Waals surface area (Å²) in [5.74, 6) is -0.469. The van der Waals surface area contributed by atoms with Crippen LogP contribution in [0.5, 0.6) is 5.75 Å². The lowest BCUT2D eigenvalue weighted by Gasteiger charge is -2.20. The largest absolute Gasteiger partial charge is 0.486 e. The molecule has 0 saturated heterocycles. The number of hydrogen-bond donors (Lipinski definition) is 0. The molecule has 20 heavy (non-hydrogen) atoms. The third kappa shape index (κ3) is 3.91. The zero-order valence-corrected chi connectivity index (χ0v) is 11.8. The molecule has 0 unspecified atom stereocenters. The lowest BCUT2D eigenvalue weighted by Crippen LogP contribution is -2.38. The maximum absolute atomic E-state index is 12.0. The molecule has 0 radical (unpaired) electrons. The minimum absolute atomic E-state index is 0.226. The number of hydrogen-bond acceptors (Lipinski definition) is 5. The molecule has 0 bridgehead atoms. The van der Waals surface area contributed by atoms with Crippen molar-refractivity contribution >= 4 is 18.0 Å². The van der Waals surface area contributed by atoms with Crippen molar-refractivity contribution < 1.29 is 23.9 Å². The summed E-state index contributed by atoms with van der Waals surface area (Å²) in [6, 6.07) is 6.36. The van der Waals surface area contributed by atoms with Gasteiger partial charge in [0.15, 0.2) is 5.78 Å². The minimum atomic E-state index is -1.24. The maximum atomic E-state index is 12.0. The Bertz CT molecular complexity index is 487. The van der Waals surface area contributed by atoms with Gasteiger partial charge in [-0.05, 0) is 45.0 Å². The van der Waals surface area contributed by atoms with Crippen molar-refractivity contribution in [1.82, 2.24) is 0 Å². The summed E-state index contributed by atoms with van der Waals surface area (Å²) in [5, 5.41) is 0. The third-order valence-electron chi connectivity index (χ3n) is 2.87. The van der Waals surface area contributed by atoms with Crippen LogP contribution in [0.2, 0.25) is 0 Å². The van der Waals surface area contributed by atoms with Gasteiger partial charge in [0.2, 0.25) is 0 Å². The van der Waals surface area contributed by atoms with Crippen LogP contribution in [0, 0.1) is 5.41 Å². The summed E-state index contributed by atoms with van der Waals surface area (Å²) in [6.07, 6.45) is 0.721. The first-order valence-electron chi connectivity index (χ1n) is 6.30. The molecule has 0 aromatic heterocycles. The van der Waals surface area contributed by atoms with E-state index in [1.165, 1.54) is 13.8 Å². The number of benzene rings is 1. The standard InChI is InChI=1S/C15H18O5/c1-4-19-14(18)15(2,3)13(17)10-20-12-7-5-11(9-16)6-8-12/h5-9H,4,10H2,1-3H3. The molecule has 0 N–H and O–H groups in total. The molecule has 0 amide bonds. The zero-order chi connectivity index (χ0) is 15.2. The molecule has 0 aliphatic heterocycles. The Labute approximate surface area is 117 Å². The molecule has 5 nitrogen and oxygen atoms in total. The molecule has 5 heteroatoms. The summed E-state index contributed by atoms with van der Waals surface area (Å²) in [5.41, 5.74) is -0.714. The summed E-state index contributed by atoms with van der Waals surface area (Å²) < 4.78 is 10.2. The highest BCUT2D eigenvalue weighted by Crippen LogP contribution is 2.20. The monoisotopic (exact) mass is 278 g/mol. The number of carbonyl (C=O) groups is 3. The van der Waals surface area contributed by atoms with Crippen molar-refractivity contribution in [2.24, 2.45) is 5.41 Å². The van der Waals surface area contributed by atoms with Gasteiger partial charge in [0.25, 0.3) is 0 Å². The number of ether oxygens (including phenoxy) is 2. The highest BCUT2D eigenvalue weighted by Gasteiger charge is 2.37. The smallest absolute Gasteiger partial charge is 0.319 e. The topological polar surface area (TPSA) is 69.7 Å². The van der Waals surface area contributed by atoms with E-state index in [0.29, 0.717) is 11.3 Å². The lowest BCUT2D eigenvalue weighted by atomic mass is 9.88. The molecule has 0 aliphatic rings. The quantitative estimate of drug-likeness (QED) is 0.433. The molecular formula is C15H18O5. The van der Waals surface area contributed by atoms with E-state index in [4.69, 9.17) is 9.47 Å². The Morgan fingerprint density at radius 2 is 1.80 bits per heavy atom. The Hall–Kier alpha value is -2.17. The second kappa shape index (κ2) is 6.84. The van der Waals surface area contributed by atoms with Gasteiger partial charge in [-0.1, -0.05) is 0 Å². The van der Waals surface area contributed by atoms with Crippen LogP contribution in [0.25, 0.3) is 0 Å². The fourth-order valence-electron chi connectivity index (χ4n) is 1.40. The van der Waals surface area contributed by atoms with Crippen LogP contribution < -0.4 is 4.74 Å². The number of esters is 1. The van der Waals surface area contributed by atoms with Crippen LogP contribution in [-0.4, -0.2) is 31.3 Å². The SMILES string of the molecule is CCOC(=O)C(C)(C)C(=O)COc1ccc(C=O)cc1. The lowest BCUT2D eigenvalue weighted by molar-refractivity contribution is -0.158. The van der Waals surface area contributed by atoms with Gasteiger partial charge in [-0.15, -0.1) is 0 Å². The first kappa shape index (κ1) is 15.9. The Morgan fingerprint density at radius 1 is 1.20 bits per heavy atom. The van der Waals surface area contributed by atoms with E-state index < -0.39 is 11.4 Å². The van der Waals surface area contributed by atoms with Crippen LogP contribution in [0.4, 0.5) is 0 Å². The van der Waals surface area contributed by atoms with E-state index in [0.717, 1.165) is 6.29 Å².